The normalized spacial score (nSPS) is 9.95. The molecule has 0 aliphatic rings. The lowest BCUT2D eigenvalue weighted by molar-refractivity contribution is 0.0474. The highest BCUT2D eigenvalue weighted by Gasteiger charge is 2.11. The lowest BCUT2D eigenvalue weighted by Gasteiger charge is -2.04. The van der Waals surface area contributed by atoms with Crippen LogP contribution in [0.1, 0.15) is 20.7 Å². The summed E-state index contributed by atoms with van der Waals surface area (Å²) in [5.41, 5.74) is 0.944. The molecule has 0 aliphatic carbocycles. The zero-order chi connectivity index (χ0) is 13.7. The van der Waals surface area contributed by atoms with Gasteiger partial charge in [0, 0.05) is 10.0 Å². The Morgan fingerprint density at radius 3 is 2.32 bits per heavy atom. The fourth-order valence-electron chi connectivity index (χ4n) is 1.54. The minimum absolute atomic E-state index is 0.219. The van der Waals surface area contributed by atoms with E-state index in [9.17, 15) is 9.59 Å². The topological polar surface area (TPSA) is 43.4 Å². The molecule has 0 N–H and O–H groups in total. The second kappa shape index (κ2) is 6.29. The van der Waals surface area contributed by atoms with E-state index in [1.54, 1.807) is 42.5 Å². The van der Waals surface area contributed by atoms with Gasteiger partial charge in [-0.1, -0.05) is 52.3 Å². The molecular formula is C15H11BrO3. The van der Waals surface area contributed by atoms with Crippen LogP contribution in [-0.2, 0) is 4.74 Å². The summed E-state index contributed by atoms with van der Waals surface area (Å²) in [5.74, 6) is -0.727. The zero-order valence-corrected chi connectivity index (χ0v) is 11.6. The monoisotopic (exact) mass is 318 g/mol. The van der Waals surface area contributed by atoms with Crippen LogP contribution in [0.15, 0.2) is 59.1 Å². The Hall–Kier alpha value is -1.94. The molecule has 0 aliphatic heterocycles. The van der Waals surface area contributed by atoms with Gasteiger partial charge in [0.2, 0.25) is 0 Å². The number of carbonyl (C=O) groups is 2. The van der Waals surface area contributed by atoms with Crippen LogP contribution >= 0.6 is 15.9 Å². The van der Waals surface area contributed by atoms with E-state index in [4.69, 9.17) is 4.74 Å². The molecule has 0 bridgehead atoms. The van der Waals surface area contributed by atoms with Crippen LogP contribution in [0.2, 0.25) is 0 Å². The van der Waals surface area contributed by atoms with Gasteiger partial charge in [0.15, 0.2) is 12.4 Å². The number of esters is 1. The second-order valence-electron chi connectivity index (χ2n) is 3.88. The molecule has 0 radical (unpaired) electrons. The molecule has 2 rings (SSSR count). The van der Waals surface area contributed by atoms with Gasteiger partial charge >= 0.3 is 5.97 Å². The maximum atomic E-state index is 11.8. The number of hydrogen-bond acceptors (Lipinski definition) is 3. The predicted octanol–water partition coefficient (Wildman–Crippen LogP) is 3.49. The van der Waals surface area contributed by atoms with E-state index in [2.05, 4.69) is 15.9 Å². The minimum atomic E-state index is -0.509. The molecule has 0 heterocycles. The van der Waals surface area contributed by atoms with Crippen molar-refractivity contribution in [1.82, 2.24) is 0 Å². The maximum Gasteiger partial charge on any atom is 0.338 e. The molecule has 0 atom stereocenters. The van der Waals surface area contributed by atoms with Crippen molar-refractivity contribution >= 4 is 27.7 Å². The second-order valence-corrected chi connectivity index (χ2v) is 4.79. The molecule has 4 heteroatoms. The van der Waals surface area contributed by atoms with Crippen LogP contribution in [-0.4, -0.2) is 18.4 Å². The highest BCUT2D eigenvalue weighted by molar-refractivity contribution is 9.10. The summed E-state index contributed by atoms with van der Waals surface area (Å²) in [7, 11) is 0. The Morgan fingerprint density at radius 1 is 0.947 bits per heavy atom. The van der Waals surface area contributed by atoms with E-state index in [0.717, 1.165) is 4.47 Å². The van der Waals surface area contributed by atoms with Gasteiger partial charge in [-0.05, 0) is 18.2 Å². The summed E-state index contributed by atoms with van der Waals surface area (Å²) in [6.45, 7) is -0.255. The lowest BCUT2D eigenvalue weighted by Crippen LogP contribution is -2.14. The molecule has 0 fully saturated rings. The van der Waals surface area contributed by atoms with E-state index < -0.39 is 5.97 Å². The lowest BCUT2D eigenvalue weighted by atomic mass is 10.1. The van der Waals surface area contributed by atoms with Crippen LogP contribution in [0.25, 0.3) is 0 Å². The average Bonchev–Trinajstić information content (AvgIpc) is 2.45. The fraction of sp³-hybridized carbons (Fsp3) is 0.0667. The molecule has 3 nitrogen and oxygen atoms in total. The van der Waals surface area contributed by atoms with Gasteiger partial charge < -0.3 is 4.74 Å². The quantitative estimate of drug-likeness (QED) is 0.640. The molecule has 2 aromatic carbocycles. The molecule has 0 amide bonds. The van der Waals surface area contributed by atoms with E-state index in [1.165, 1.54) is 0 Å². The van der Waals surface area contributed by atoms with E-state index >= 15 is 0 Å². The van der Waals surface area contributed by atoms with E-state index in [-0.39, 0.29) is 12.4 Å². The Morgan fingerprint density at radius 2 is 1.63 bits per heavy atom. The molecule has 0 unspecified atom stereocenters. The molecule has 2 aromatic rings. The number of rotatable bonds is 4. The van der Waals surface area contributed by atoms with E-state index in [1.807, 2.05) is 12.1 Å². The highest BCUT2D eigenvalue weighted by Crippen LogP contribution is 2.12. The van der Waals surface area contributed by atoms with Crippen molar-refractivity contribution in [2.75, 3.05) is 6.61 Å². The summed E-state index contributed by atoms with van der Waals surface area (Å²) < 4.78 is 5.78. The van der Waals surface area contributed by atoms with Crippen molar-refractivity contribution in [2.24, 2.45) is 0 Å². The Kier molecular flexibility index (Phi) is 4.47. The summed E-state index contributed by atoms with van der Waals surface area (Å²) in [5, 5.41) is 0. The first-order valence-electron chi connectivity index (χ1n) is 5.68. The fourth-order valence-corrected chi connectivity index (χ4v) is 1.94. The van der Waals surface area contributed by atoms with Crippen molar-refractivity contribution in [2.45, 2.75) is 0 Å². The van der Waals surface area contributed by atoms with Gasteiger partial charge in [0.1, 0.15) is 0 Å². The highest BCUT2D eigenvalue weighted by atomic mass is 79.9. The van der Waals surface area contributed by atoms with Gasteiger partial charge in [-0.2, -0.15) is 0 Å². The molecule has 0 spiro atoms. The summed E-state index contributed by atoms with van der Waals surface area (Å²) in [6.07, 6.45) is 0. The molecule has 19 heavy (non-hydrogen) atoms. The standard InChI is InChI=1S/C15H11BrO3/c16-13-8-4-7-12(9-13)15(18)19-10-14(17)11-5-2-1-3-6-11/h1-9H,10H2. The van der Waals surface area contributed by atoms with Gasteiger partial charge in [0.25, 0.3) is 0 Å². The zero-order valence-electron chi connectivity index (χ0n) is 10.0. The predicted molar refractivity (Wildman–Crippen MR) is 75.2 cm³/mol. The van der Waals surface area contributed by atoms with Crippen LogP contribution in [0.5, 0.6) is 0 Å². The molecule has 96 valence electrons. The third-order valence-corrected chi connectivity index (χ3v) is 2.98. The minimum Gasteiger partial charge on any atom is -0.454 e. The number of benzene rings is 2. The number of ketones is 1. The van der Waals surface area contributed by atoms with Crippen molar-refractivity contribution in [3.05, 3.63) is 70.2 Å². The summed E-state index contributed by atoms with van der Waals surface area (Å²) in [4.78, 5) is 23.5. The van der Waals surface area contributed by atoms with Crippen molar-refractivity contribution in [3.63, 3.8) is 0 Å². The van der Waals surface area contributed by atoms with Crippen LogP contribution in [0.3, 0.4) is 0 Å². The van der Waals surface area contributed by atoms with E-state index in [0.29, 0.717) is 11.1 Å². The molecular weight excluding hydrogens is 308 g/mol. The molecule has 0 aromatic heterocycles. The van der Waals surface area contributed by atoms with Gasteiger partial charge in [-0.15, -0.1) is 0 Å². The largest absolute Gasteiger partial charge is 0.454 e. The van der Waals surface area contributed by atoms with Gasteiger partial charge in [-0.3, -0.25) is 4.79 Å². The average molecular weight is 319 g/mol. The Labute approximate surface area is 119 Å². The Balaban J connectivity index is 1.96. The summed E-state index contributed by atoms with van der Waals surface area (Å²) >= 11 is 3.27. The molecule has 0 saturated carbocycles. The van der Waals surface area contributed by atoms with Crippen LogP contribution < -0.4 is 0 Å². The van der Waals surface area contributed by atoms with Crippen molar-refractivity contribution in [3.8, 4) is 0 Å². The van der Waals surface area contributed by atoms with Gasteiger partial charge in [0.05, 0.1) is 5.56 Å². The first-order chi connectivity index (χ1) is 9.16. The van der Waals surface area contributed by atoms with Gasteiger partial charge in [-0.25, -0.2) is 4.79 Å². The first-order valence-corrected chi connectivity index (χ1v) is 6.47. The van der Waals surface area contributed by atoms with Crippen molar-refractivity contribution in [1.29, 1.82) is 0 Å². The maximum absolute atomic E-state index is 11.8. The van der Waals surface area contributed by atoms with Crippen LogP contribution in [0, 0.1) is 0 Å². The third-order valence-electron chi connectivity index (χ3n) is 2.49. The molecule has 0 saturated heterocycles. The number of halogens is 1. The number of Topliss-reactive ketones (excluding diaryl/α,β-unsaturated/α-hetero) is 1. The summed E-state index contributed by atoms with van der Waals surface area (Å²) in [6, 6.07) is 15.6. The number of hydrogen-bond donors (Lipinski definition) is 0. The number of ether oxygens (including phenoxy) is 1. The third kappa shape index (κ3) is 3.76. The van der Waals surface area contributed by atoms with Crippen molar-refractivity contribution < 1.29 is 14.3 Å². The SMILES string of the molecule is O=C(COC(=O)c1cccc(Br)c1)c1ccccc1. The first kappa shape index (κ1) is 13.5. The Bertz CT molecular complexity index is 593. The van der Waals surface area contributed by atoms with Crippen LogP contribution in [0.4, 0.5) is 0 Å². The smallest absolute Gasteiger partial charge is 0.338 e. The number of carbonyl (C=O) groups excluding carboxylic acids is 2.